The van der Waals surface area contributed by atoms with Crippen LogP contribution in [0.5, 0.6) is 0 Å². The lowest BCUT2D eigenvalue weighted by Gasteiger charge is -2.46. The normalized spacial score (nSPS) is 26.8. The summed E-state index contributed by atoms with van der Waals surface area (Å²) in [5.74, 6) is -0.970. The molecule has 19 heavy (non-hydrogen) atoms. The monoisotopic (exact) mass is 286 g/mol. The first-order valence-electron chi connectivity index (χ1n) is 5.70. The molecular formula is C11H14N2O5S. The highest BCUT2D eigenvalue weighted by atomic mass is 32.2. The molecule has 0 aromatic rings. The highest BCUT2D eigenvalue weighted by Gasteiger charge is 2.50. The summed E-state index contributed by atoms with van der Waals surface area (Å²) < 4.78 is 9.64. The van der Waals surface area contributed by atoms with Crippen molar-refractivity contribution in [2.75, 3.05) is 5.75 Å². The van der Waals surface area contributed by atoms with Crippen LogP contribution < -0.4 is 5.73 Å². The standard InChI is InChI=1S/C11H14N2O5S/c1-5(14)17-6(2)18-11(16)7-3-4-19-10-8(12)9(15)13(7)10/h3,6,8,10H,4,12H2,1-2H3/t6?,8-,10+/m1/s1. The Kier molecular flexibility index (Phi) is 3.81. The van der Waals surface area contributed by atoms with Gasteiger partial charge in [0.2, 0.25) is 12.2 Å². The van der Waals surface area contributed by atoms with E-state index in [2.05, 4.69) is 0 Å². The molecule has 0 aliphatic carbocycles. The summed E-state index contributed by atoms with van der Waals surface area (Å²) in [6.07, 6.45) is 0.609. The number of carbonyl (C=O) groups excluding carboxylic acids is 3. The van der Waals surface area contributed by atoms with Crippen molar-refractivity contribution < 1.29 is 23.9 Å². The van der Waals surface area contributed by atoms with E-state index in [1.165, 1.54) is 30.5 Å². The lowest BCUT2D eigenvalue weighted by molar-refractivity contribution is -0.182. The fraction of sp³-hybridized carbons (Fsp3) is 0.545. The number of fused-ring (bicyclic) bond motifs is 1. The van der Waals surface area contributed by atoms with Crippen LogP contribution in [0.25, 0.3) is 0 Å². The zero-order chi connectivity index (χ0) is 14.2. The number of β-lactam (4-membered cyclic amide) rings is 1. The van der Waals surface area contributed by atoms with Crippen molar-refractivity contribution in [2.24, 2.45) is 5.73 Å². The molecule has 1 saturated heterocycles. The van der Waals surface area contributed by atoms with Gasteiger partial charge in [-0.15, -0.1) is 11.8 Å². The van der Waals surface area contributed by atoms with E-state index in [4.69, 9.17) is 15.2 Å². The first-order chi connectivity index (χ1) is 8.91. The third-order valence-electron chi connectivity index (χ3n) is 2.70. The molecule has 2 aliphatic rings. The maximum Gasteiger partial charge on any atom is 0.357 e. The predicted molar refractivity (Wildman–Crippen MR) is 66.5 cm³/mol. The second kappa shape index (κ2) is 5.22. The van der Waals surface area contributed by atoms with Gasteiger partial charge < -0.3 is 15.2 Å². The molecule has 2 heterocycles. The Bertz CT molecular complexity index is 464. The third-order valence-corrected chi connectivity index (χ3v) is 3.91. The zero-order valence-electron chi connectivity index (χ0n) is 10.5. The van der Waals surface area contributed by atoms with Gasteiger partial charge in [-0.3, -0.25) is 14.5 Å². The topological polar surface area (TPSA) is 98.9 Å². The number of esters is 2. The second-order valence-corrected chi connectivity index (χ2v) is 5.28. The van der Waals surface area contributed by atoms with Crippen molar-refractivity contribution in [2.45, 2.75) is 31.6 Å². The summed E-state index contributed by atoms with van der Waals surface area (Å²) in [6, 6.07) is -0.576. The smallest absolute Gasteiger partial charge is 0.357 e. The van der Waals surface area contributed by atoms with Gasteiger partial charge in [0.1, 0.15) is 17.1 Å². The Morgan fingerprint density at radius 1 is 1.53 bits per heavy atom. The van der Waals surface area contributed by atoms with Gasteiger partial charge in [-0.1, -0.05) is 0 Å². The van der Waals surface area contributed by atoms with Gasteiger partial charge >= 0.3 is 11.9 Å². The van der Waals surface area contributed by atoms with E-state index in [9.17, 15) is 14.4 Å². The summed E-state index contributed by atoms with van der Waals surface area (Å²) in [5.41, 5.74) is 5.81. The van der Waals surface area contributed by atoms with Crippen molar-refractivity contribution in [3.8, 4) is 0 Å². The Morgan fingerprint density at radius 3 is 2.84 bits per heavy atom. The molecule has 0 aromatic heterocycles. The Labute approximate surface area is 114 Å². The van der Waals surface area contributed by atoms with E-state index in [0.29, 0.717) is 5.75 Å². The molecule has 8 heteroatoms. The first kappa shape index (κ1) is 13.9. The maximum absolute atomic E-state index is 11.9. The van der Waals surface area contributed by atoms with Crippen LogP contribution in [0, 0.1) is 0 Å². The van der Waals surface area contributed by atoms with E-state index >= 15 is 0 Å². The zero-order valence-corrected chi connectivity index (χ0v) is 11.3. The highest BCUT2D eigenvalue weighted by Crippen LogP contribution is 2.36. The lowest BCUT2D eigenvalue weighted by Crippen LogP contribution is -2.68. The van der Waals surface area contributed by atoms with E-state index in [-0.39, 0.29) is 17.0 Å². The minimum absolute atomic E-state index is 0.162. The van der Waals surface area contributed by atoms with Crippen molar-refractivity contribution >= 4 is 29.6 Å². The molecule has 0 spiro atoms. The second-order valence-electron chi connectivity index (χ2n) is 4.13. The fourth-order valence-electron chi connectivity index (χ4n) is 1.90. The van der Waals surface area contributed by atoms with Crippen molar-refractivity contribution in [3.05, 3.63) is 11.8 Å². The Hall–Kier alpha value is -1.54. The van der Waals surface area contributed by atoms with Crippen molar-refractivity contribution in [3.63, 3.8) is 0 Å². The van der Waals surface area contributed by atoms with E-state index in [0.717, 1.165) is 0 Å². The number of amides is 1. The SMILES string of the molecule is CC(=O)OC(C)OC(=O)C1=CCS[C@H]2[C@H](N)C(=O)N12. The molecule has 2 aliphatic heterocycles. The average molecular weight is 286 g/mol. The van der Waals surface area contributed by atoms with E-state index in [1.54, 1.807) is 6.08 Å². The molecule has 0 radical (unpaired) electrons. The molecule has 0 saturated carbocycles. The predicted octanol–water partition coefficient (Wildman–Crippen LogP) is -0.435. The van der Waals surface area contributed by atoms with Crippen LogP contribution in [0.4, 0.5) is 0 Å². The minimum Gasteiger partial charge on any atom is -0.426 e. The van der Waals surface area contributed by atoms with Gasteiger partial charge in [-0.05, 0) is 6.08 Å². The first-order valence-corrected chi connectivity index (χ1v) is 6.75. The number of hydrogen-bond donors (Lipinski definition) is 1. The van der Waals surface area contributed by atoms with Crippen LogP contribution in [0.15, 0.2) is 11.8 Å². The Balaban J connectivity index is 2.01. The molecule has 0 aromatic carbocycles. The number of nitrogens with zero attached hydrogens (tertiary/aromatic N) is 1. The van der Waals surface area contributed by atoms with E-state index in [1.807, 2.05) is 0 Å². The van der Waals surface area contributed by atoms with Gasteiger partial charge in [0, 0.05) is 19.6 Å². The number of thioether (sulfide) groups is 1. The molecule has 104 valence electrons. The summed E-state index contributed by atoms with van der Waals surface area (Å²) in [7, 11) is 0. The lowest BCUT2D eigenvalue weighted by atomic mass is 10.1. The van der Waals surface area contributed by atoms with Crippen LogP contribution in [-0.4, -0.2) is 46.2 Å². The minimum atomic E-state index is -0.996. The number of rotatable bonds is 3. The third kappa shape index (κ3) is 2.59. The molecule has 1 amide bonds. The van der Waals surface area contributed by atoms with Crippen LogP contribution in [-0.2, 0) is 23.9 Å². The Morgan fingerprint density at radius 2 is 2.21 bits per heavy atom. The summed E-state index contributed by atoms with van der Waals surface area (Å²) in [5, 5.41) is -0.218. The highest BCUT2D eigenvalue weighted by molar-refractivity contribution is 8.00. The fourth-order valence-corrected chi connectivity index (χ4v) is 3.04. The van der Waals surface area contributed by atoms with Gasteiger partial charge in [0.05, 0.1) is 0 Å². The van der Waals surface area contributed by atoms with Crippen LogP contribution in [0.2, 0.25) is 0 Å². The van der Waals surface area contributed by atoms with Gasteiger partial charge in [-0.2, -0.15) is 0 Å². The van der Waals surface area contributed by atoms with Crippen molar-refractivity contribution in [1.29, 1.82) is 0 Å². The molecule has 0 bridgehead atoms. The summed E-state index contributed by atoms with van der Waals surface area (Å²) in [4.78, 5) is 35.6. The van der Waals surface area contributed by atoms with Crippen LogP contribution >= 0.6 is 11.8 Å². The average Bonchev–Trinajstić information content (AvgIpc) is 2.35. The molecular weight excluding hydrogens is 272 g/mol. The van der Waals surface area contributed by atoms with Crippen molar-refractivity contribution in [1.82, 2.24) is 4.90 Å². The molecule has 7 nitrogen and oxygen atoms in total. The van der Waals surface area contributed by atoms with Crippen LogP contribution in [0.3, 0.4) is 0 Å². The molecule has 1 unspecified atom stereocenters. The largest absolute Gasteiger partial charge is 0.426 e. The number of hydrogen-bond acceptors (Lipinski definition) is 7. The number of ether oxygens (including phenoxy) is 2. The van der Waals surface area contributed by atoms with Gasteiger partial charge in [0.25, 0.3) is 0 Å². The maximum atomic E-state index is 11.9. The molecule has 3 atom stereocenters. The molecule has 2 rings (SSSR count). The van der Waals surface area contributed by atoms with E-state index < -0.39 is 24.3 Å². The number of nitrogens with two attached hydrogens (primary N) is 1. The van der Waals surface area contributed by atoms with Crippen LogP contribution in [0.1, 0.15) is 13.8 Å². The quantitative estimate of drug-likeness (QED) is 0.427. The molecule has 1 fully saturated rings. The summed E-state index contributed by atoms with van der Waals surface area (Å²) in [6.45, 7) is 2.65. The summed E-state index contributed by atoms with van der Waals surface area (Å²) >= 11 is 1.49. The van der Waals surface area contributed by atoms with Gasteiger partial charge in [0.15, 0.2) is 0 Å². The number of carbonyl (C=O) groups is 3. The van der Waals surface area contributed by atoms with Gasteiger partial charge in [-0.25, -0.2) is 4.79 Å². The molecule has 2 N–H and O–H groups in total.